The van der Waals surface area contributed by atoms with Gasteiger partial charge in [0.1, 0.15) is 5.82 Å². The first kappa shape index (κ1) is 23.8. The molecule has 1 aromatic carbocycles. The maximum Gasteiger partial charge on any atom is 0.253 e. The van der Waals surface area contributed by atoms with Crippen LogP contribution in [0, 0.1) is 12.7 Å². The summed E-state index contributed by atoms with van der Waals surface area (Å²) in [7, 11) is 0. The van der Waals surface area contributed by atoms with Gasteiger partial charge in [-0.2, -0.15) is 5.10 Å². The molecule has 1 aliphatic carbocycles. The van der Waals surface area contributed by atoms with E-state index in [9.17, 15) is 9.18 Å². The van der Waals surface area contributed by atoms with Crippen molar-refractivity contribution in [1.82, 2.24) is 19.9 Å². The molecule has 1 amide bonds. The molecule has 35 heavy (non-hydrogen) atoms. The van der Waals surface area contributed by atoms with Crippen LogP contribution < -0.4 is 5.32 Å². The highest BCUT2D eigenvalue weighted by Crippen LogP contribution is 2.40. The van der Waals surface area contributed by atoms with Gasteiger partial charge in [-0.3, -0.25) is 9.78 Å². The molecule has 0 unspecified atom stereocenters. The molecule has 0 radical (unpaired) electrons. The highest BCUT2D eigenvalue weighted by molar-refractivity contribution is 6.43. The quantitative estimate of drug-likeness (QED) is 0.306. The van der Waals surface area contributed by atoms with E-state index in [1.165, 1.54) is 17.7 Å². The third-order valence-electron chi connectivity index (χ3n) is 6.50. The van der Waals surface area contributed by atoms with E-state index in [0.717, 1.165) is 35.2 Å². The van der Waals surface area contributed by atoms with Crippen LogP contribution >= 0.6 is 23.2 Å². The molecule has 0 saturated heterocycles. The van der Waals surface area contributed by atoms with Crippen LogP contribution in [0.1, 0.15) is 66.0 Å². The predicted molar refractivity (Wildman–Crippen MR) is 137 cm³/mol. The standard InChI is InChI=1S/C27H25Cl2FN4O/c1-14-10-21-22(27(2,3)4)18(26(35)33-20-8-7-15-6-5-9-31-24(15)20)13-32-34(21)25(14)17-11-16(30)12-19(28)23(17)29/h5-6,9-13,20H,7-8H2,1-4H3,(H,33,35)/t20-/m0/s1. The molecular weight excluding hydrogens is 486 g/mol. The molecule has 3 heterocycles. The molecule has 0 saturated carbocycles. The average Bonchev–Trinajstić information content (AvgIpc) is 3.34. The predicted octanol–water partition coefficient (Wildman–Crippen LogP) is 6.87. The van der Waals surface area contributed by atoms with Gasteiger partial charge in [-0.05, 0) is 66.1 Å². The molecule has 0 bridgehead atoms. The normalized spacial score (nSPS) is 15.5. The first-order valence-electron chi connectivity index (χ1n) is 11.5. The van der Waals surface area contributed by atoms with Gasteiger partial charge in [0.25, 0.3) is 5.91 Å². The summed E-state index contributed by atoms with van der Waals surface area (Å²) in [5.41, 5.74) is 5.75. The minimum absolute atomic E-state index is 0.133. The zero-order valence-electron chi connectivity index (χ0n) is 19.9. The molecule has 4 aromatic rings. The van der Waals surface area contributed by atoms with Crippen molar-refractivity contribution in [3.05, 3.63) is 86.5 Å². The van der Waals surface area contributed by atoms with Gasteiger partial charge < -0.3 is 5.32 Å². The lowest BCUT2D eigenvalue weighted by Gasteiger charge is -2.24. The Morgan fingerprint density at radius 2 is 2.00 bits per heavy atom. The first-order valence-corrected chi connectivity index (χ1v) is 12.2. The Labute approximate surface area is 213 Å². The summed E-state index contributed by atoms with van der Waals surface area (Å²) in [5.74, 6) is -0.679. The fourth-order valence-electron chi connectivity index (χ4n) is 5.04. The van der Waals surface area contributed by atoms with Crippen molar-refractivity contribution >= 4 is 34.6 Å². The Balaban J connectivity index is 1.64. The monoisotopic (exact) mass is 510 g/mol. The van der Waals surface area contributed by atoms with Crippen molar-refractivity contribution < 1.29 is 9.18 Å². The number of carbonyl (C=O) groups excluding carboxylic acids is 1. The van der Waals surface area contributed by atoms with E-state index >= 15 is 0 Å². The van der Waals surface area contributed by atoms with E-state index in [4.69, 9.17) is 23.2 Å². The highest BCUT2D eigenvalue weighted by atomic mass is 35.5. The van der Waals surface area contributed by atoms with Crippen LogP contribution in [0.4, 0.5) is 4.39 Å². The number of aryl methyl sites for hydroxylation is 2. The summed E-state index contributed by atoms with van der Waals surface area (Å²) < 4.78 is 16.0. The second-order valence-corrected chi connectivity index (χ2v) is 10.8. The molecule has 1 atom stereocenters. The Hall–Kier alpha value is -2.96. The van der Waals surface area contributed by atoms with E-state index in [2.05, 4.69) is 42.2 Å². The lowest BCUT2D eigenvalue weighted by Crippen LogP contribution is -2.31. The van der Waals surface area contributed by atoms with Crippen molar-refractivity contribution in [3.8, 4) is 11.3 Å². The minimum Gasteiger partial charge on any atom is -0.344 e. The molecule has 0 aliphatic heterocycles. The number of halogens is 3. The topological polar surface area (TPSA) is 59.3 Å². The number of carbonyl (C=O) groups is 1. The summed E-state index contributed by atoms with van der Waals surface area (Å²) in [5, 5.41) is 8.16. The average molecular weight is 511 g/mol. The zero-order chi connectivity index (χ0) is 25.1. The van der Waals surface area contributed by atoms with Crippen LogP contribution in [0.3, 0.4) is 0 Å². The van der Waals surface area contributed by atoms with Crippen LogP contribution in [0.25, 0.3) is 16.8 Å². The van der Waals surface area contributed by atoms with E-state index in [0.29, 0.717) is 16.8 Å². The van der Waals surface area contributed by atoms with E-state index in [1.807, 2.05) is 19.1 Å². The van der Waals surface area contributed by atoms with Crippen molar-refractivity contribution in [2.75, 3.05) is 0 Å². The van der Waals surface area contributed by atoms with E-state index in [1.54, 1.807) is 16.9 Å². The van der Waals surface area contributed by atoms with Gasteiger partial charge in [0.05, 0.1) is 44.8 Å². The lowest BCUT2D eigenvalue weighted by atomic mass is 9.83. The fraction of sp³-hybridized carbons (Fsp3) is 0.296. The van der Waals surface area contributed by atoms with Crippen LogP contribution in [0.15, 0.2) is 42.7 Å². The van der Waals surface area contributed by atoms with Crippen molar-refractivity contribution in [2.45, 2.75) is 52.0 Å². The number of pyridine rings is 1. The number of nitrogens with one attached hydrogen (secondary N) is 1. The number of hydrogen-bond acceptors (Lipinski definition) is 3. The van der Waals surface area contributed by atoms with Gasteiger partial charge in [-0.1, -0.05) is 50.0 Å². The summed E-state index contributed by atoms with van der Waals surface area (Å²) in [6.07, 6.45) is 5.03. The molecule has 8 heteroatoms. The number of benzene rings is 1. The molecule has 3 aromatic heterocycles. The Bertz CT molecular complexity index is 1490. The van der Waals surface area contributed by atoms with Crippen molar-refractivity contribution in [2.24, 2.45) is 0 Å². The SMILES string of the molecule is Cc1cc2c(C(C)(C)C)c(C(=O)N[C@H]3CCc4cccnc43)cnn2c1-c1cc(F)cc(Cl)c1Cl. The van der Waals surface area contributed by atoms with Gasteiger partial charge >= 0.3 is 0 Å². The zero-order valence-corrected chi connectivity index (χ0v) is 21.4. The summed E-state index contributed by atoms with van der Waals surface area (Å²) in [4.78, 5) is 18.0. The largest absolute Gasteiger partial charge is 0.344 e. The van der Waals surface area contributed by atoms with E-state index in [-0.39, 0.29) is 27.4 Å². The number of fused-ring (bicyclic) bond motifs is 2. The summed E-state index contributed by atoms with van der Waals surface area (Å²) >= 11 is 12.6. The van der Waals surface area contributed by atoms with Crippen molar-refractivity contribution in [3.63, 3.8) is 0 Å². The second-order valence-electron chi connectivity index (χ2n) is 10.0. The number of nitrogens with zero attached hydrogens (tertiary/aromatic N) is 3. The Morgan fingerprint density at radius 1 is 1.23 bits per heavy atom. The van der Waals surface area contributed by atoms with Crippen LogP contribution in [0.5, 0.6) is 0 Å². The second kappa shape index (κ2) is 8.61. The smallest absolute Gasteiger partial charge is 0.253 e. The molecule has 5 rings (SSSR count). The van der Waals surface area contributed by atoms with Gasteiger partial charge in [0.2, 0.25) is 0 Å². The number of hydrogen-bond donors (Lipinski definition) is 1. The minimum atomic E-state index is -0.485. The van der Waals surface area contributed by atoms with Gasteiger partial charge in [0.15, 0.2) is 0 Å². The number of amides is 1. The molecule has 0 fully saturated rings. The molecule has 0 spiro atoms. The van der Waals surface area contributed by atoms with Gasteiger partial charge in [-0.15, -0.1) is 0 Å². The third kappa shape index (κ3) is 4.09. The first-order chi connectivity index (χ1) is 16.6. The van der Waals surface area contributed by atoms with E-state index < -0.39 is 5.82 Å². The number of rotatable bonds is 3. The van der Waals surface area contributed by atoms with Crippen LogP contribution in [-0.4, -0.2) is 20.5 Å². The third-order valence-corrected chi connectivity index (χ3v) is 7.30. The lowest BCUT2D eigenvalue weighted by molar-refractivity contribution is 0.0933. The molecule has 1 aliphatic rings. The number of aromatic nitrogens is 3. The van der Waals surface area contributed by atoms with Crippen LogP contribution in [-0.2, 0) is 11.8 Å². The van der Waals surface area contributed by atoms with Crippen molar-refractivity contribution in [1.29, 1.82) is 0 Å². The molecule has 180 valence electrons. The van der Waals surface area contributed by atoms with Crippen LogP contribution in [0.2, 0.25) is 10.0 Å². The van der Waals surface area contributed by atoms with Gasteiger partial charge in [-0.25, -0.2) is 8.91 Å². The van der Waals surface area contributed by atoms with Gasteiger partial charge in [0, 0.05) is 11.8 Å². The molecule has 5 nitrogen and oxygen atoms in total. The fourth-order valence-corrected chi connectivity index (χ4v) is 5.45. The maximum atomic E-state index is 14.2. The summed E-state index contributed by atoms with van der Waals surface area (Å²) in [6, 6.07) is 8.33. The molecular formula is C27H25Cl2FN4O. The highest BCUT2D eigenvalue weighted by Gasteiger charge is 2.31. The Kier molecular flexibility index (Phi) is 5.85. The Morgan fingerprint density at radius 3 is 2.74 bits per heavy atom. The maximum absolute atomic E-state index is 14.2. The molecule has 1 N–H and O–H groups in total. The summed E-state index contributed by atoms with van der Waals surface area (Å²) in [6.45, 7) is 8.07.